The van der Waals surface area contributed by atoms with Gasteiger partial charge in [-0.1, -0.05) is 123 Å². The van der Waals surface area contributed by atoms with Gasteiger partial charge in [0.2, 0.25) is 0 Å². The molecule has 0 saturated heterocycles. The number of nitrogens with zero attached hydrogens (tertiary/aromatic N) is 2. The van der Waals surface area contributed by atoms with Gasteiger partial charge in [0.25, 0.3) is 0 Å². The van der Waals surface area contributed by atoms with Crippen LogP contribution in [0.4, 0.5) is 34.1 Å². The van der Waals surface area contributed by atoms with E-state index in [1.165, 1.54) is 22.3 Å². The average Bonchev–Trinajstić information content (AvgIpc) is 3.81. The lowest BCUT2D eigenvalue weighted by molar-refractivity contribution is 0.340. The van der Waals surface area contributed by atoms with Gasteiger partial charge in [-0.15, -0.1) is 0 Å². The molecule has 0 heterocycles. The molecule has 0 atom stereocenters. The van der Waals surface area contributed by atoms with E-state index in [9.17, 15) is 0 Å². The van der Waals surface area contributed by atoms with Crippen molar-refractivity contribution in [2.45, 2.75) is 59.8 Å². The van der Waals surface area contributed by atoms with Crippen molar-refractivity contribution in [2.75, 3.05) is 36.2 Å². The molecule has 6 nitrogen and oxygen atoms in total. The zero-order valence-electron chi connectivity index (χ0n) is 46.2. The van der Waals surface area contributed by atoms with Gasteiger partial charge in [-0.2, -0.15) is 0 Å². The lowest BCUT2D eigenvalue weighted by Gasteiger charge is -2.33. The summed E-state index contributed by atoms with van der Waals surface area (Å²) in [6.07, 6.45) is 1.87. The minimum absolute atomic E-state index is 0.246. The second-order valence-corrected chi connectivity index (χ2v) is 20.0. The summed E-state index contributed by atoms with van der Waals surface area (Å²) >= 11 is 0. The van der Waals surface area contributed by atoms with Gasteiger partial charge in [0.15, 0.2) is 0 Å². The predicted octanol–water partition coefficient (Wildman–Crippen LogP) is 20.0. The van der Waals surface area contributed by atoms with Crippen LogP contribution < -0.4 is 28.7 Å². The van der Waals surface area contributed by atoms with Crippen molar-refractivity contribution in [1.82, 2.24) is 0 Å². The van der Waals surface area contributed by atoms with Crippen LogP contribution in [-0.4, -0.2) is 26.4 Å². The monoisotopic (exact) mass is 1040 g/mol. The average molecular weight is 1040 g/mol. The molecule has 10 aromatic rings. The molecule has 10 aromatic carbocycles. The predicted molar refractivity (Wildman–Crippen MR) is 329 cm³/mol. The molecular formula is C73H68N2O4. The van der Waals surface area contributed by atoms with Crippen LogP contribution in [0.15, 0.2) is 231 Å². The Labute approximate surface area is 467 Å². The molecule has 0 aromatic heterocycles. The van der Waals surface area contributed by atoms with E-state index < -0.39 is 0 Å². The van der Waals surface area contributed by atoms with E-state index in [0.717, 1.165) is 114 Å². The van der Waals surface area contributed by atoms with E-state index in [1.54, 1.807) is 0 Å². The summed E-state index contributed by atoms with van der Waals surface area (Å²) in [5.41, 5.74) is 20.5. The zero-order valence-corrected chi connectivity index (χ0v) is 46.2. The van der Waals surface area contributed by atoms with Crippen molar-refractivity contribution >= 4 is 34.1 Å². The van der Waals surface area contributed by atoms with Crippen LogP contribution in [0.2, 0.25) is 0 Å². The summed E-state index contributed by atoms with van der Waals surface area (Å²) in [5, 5.41) is 0. The Bertz CT molecular complexity index is 3270. The second kappa shape index (κ2) is 23.3. The van der Waals surface area contributed by atoms with Gasteiger partial charge in [0.05, 0.1) is 26.4 Å². The highest BCUT2D eigenvalue weighted by molar-refractivity contribution is 5.90. The van der Waals surface area contributed by atoms with E-state index in [0.29, 0.717) is 26.4 Å². The minimum atomic E-state index is -0.246. The van der Waals surface area contributed by atoms with Crippen LogP contribution in [0.5, 0.6) is 23.0 Å². The molecule has 1 aliphatic carbocycles. The summed E-state index contributed by atoms with van der Waals surface area (Å²) in [4.78, 5) is 4.81. The van der Waals surface area contributed by atoms with Crippen molar-refractivity contribution in [1.29, 1.82) is 0 Å². The summed E-state index contributed by atoms with van der Waals surface area (Å²) in [6, 6.07) is 83.4. The first-order valence-corrected chi connectivity index (χ1v) is 28.1. The minimum Gasteiger partial charge on any atom is -0.494 e. The zero-order chi connectivity index (χ0) is 54.3. The Hall–Kier alpha value is -9.00. The molecule has 0 spiro atoms. The van der Waals surface area contributed by atoms with E-state index in [4.69, 9.17) is 18.9 Å². The van der Waals surface area contributed by atoms with Crippen LogP contribution in [0.25, 0.3) is 55.6 Å². The van der Waals surface area contributed by atoms with Crippen LogP contribution in [0.3, 0.4) is 0 Å². The summed E-state index contributed by atoms with van der Waals surface area (Å²) < 4.78 is 23.6. The van der Waals surface area contributed by atoms with E-state index in [-0.39, 0.29) is 5.41 Å². The maximum atomic E-state index is 5.89. The highest BCUT2D eigenvalue weighted by atomic mass is 16.5. The van der Waals surface area contributed by atoms with E-state index in [2.05, 4.69) is 230 Å². The first-order valence-electron chi connectivity index (χ1n) is 28.1. The van der Waals surface area contributed by atoms with Gasteiger partial charge in [0.1, 0.15) is 23.0 Å². The smallest absolute Gasteiger partial charge is 0.119 e. The second-order valence-electron chi connectivity index (χ2n) is 20.0. The van der Waals surface area contributed by atoms with Crippen LogP contribution in [-0.2, 0) is 5.41 Å². The third-order valence-corrected chi connectivity index (χ3v) is 15.5. The quantitative estimate of drug-likeness (QED) is 0.0758. The number of hydrogen-bond donors (Lipinski definition) is 0. The fourth-order valence-corrected chi connectivity index (χ4v) is 11.6. The van der Waals surface area contributed by atoms with Gasteiger partial charge < -0.3 is 28.7 Å². The van der Waals surface area contributed by atoms with Crippen molar-refractivity contribution in [3.63, 3.8) is 0 Å². The Morgan fingerprint density at radius 2 is 0.519 bits per heavy atom. The molecule has 6 heteroatoms. The lowest BCUT2D eigenvalue weighted by Crippen LogP contribution is -2.24. The third-order valence-electron chi connectivity index (χ3n) is 15.5. The molecule has 11 rings (SSSR count). The number of benzene rings is 10. The van der Waals surface area contributed by atoms with Crippen molar-refractivity contribution in [3.8, 4) is 78.6 Å². The van der Waals surface area contributed by atoms with Crippen molar-refractivity contribution < 1.29 is 18.9 Å². The van der Waals surface area contributed by atoms with Crippen LogP contribution in [0.1, 0.15) is 65.5 Å². The van der Waals surface area contributed by atoms with Crippen molar-refractivity contribution in [2.24, 2.45) is 0 Å². The van der Waals surface area contributed by atoms with E-state index >= 15 is 0 Å². The van der Waals surface area contributed by atoms with Gasteiger partial charge in [-0.05, 0) is 229 Å². The van der Waals surface area contributed by atoms with Gasteiger partial charge in [-0.25, -0.2) is 0 Å². The number of hydrogen-bond acceptors (Lipinski definition) is 6. The Morgan fingerprint density at radius 3 is 0.759 bits per heavy atom. The molecule has 0 saturated carbocycles. The Balaban J connectivity index is 0.993. The summed E-state index contributed by atoms with van der Waals surface area (Å²) in [6.45, 7) is 15.3. The topological polar surface area (TPSA) is 43.4 Å². The molecule has 0 radical (unpaired) electrons. The first kappa shape index (κ1) is 52.1. The summed E-state index contributed by atoms with van der Waals surface area (Å²) in [7, 11) is 0. The van der Waals surface area contributed by atoms with Gasteiger partial charge >= 0.3 is 0 Å². The standard InChI is InChI=1S/C73H68N2O4/c1-7-73(8-2)71-49-63(74(59-33-25-51(26-34-59)55-17-13-21-65(45-55)76-9-3)60-35-27-52(28-36-60)56-18-14-22-66(46-56)77-10-4)41-43-69(71)70-44-42-64(50-72(70)73)75(61-37-29-53(30-38-61)57-19-15-23-67(47-57)78-11-5)62-39-31-54(32-40-62)58-20-16-24-68(48-58)79-12-6/h13-50H,7-12H2,1-6H3. The fourth-order valence-electron chi connectivity index (χ4n) is 11.6. The molecule has 0 aliphatic heterocycles. The number of rotatable bonds is 20. The molecule has 1 aliphatic rings. The van der Waals surface area contributed by atoms with Gasteiger partial charge in [-0.3, -0.25) is 0 Å². The number of ether oxygens (including phenoxy) is 4. The van der Waals surface area contributed by atoms with Gasteiger partial charge in [0, 0.05) is 39.5 Å². The highest BCUT2D eigenvalue weighted by Gasteiger charge is 2.41. The molecule has 0 unspecified atom stereocenters. The molecule has 0 amide bonds. The third kappa shape index (κ3) is 10.6. The molecular weight excluding hydrogens is 969 g/mol. The molecule has 0 N–H and O–H groups in total. The summed E-state index contributed by atoms with van der Waals surface area (Å²) in [5.74, 6) is 3.48. The number of anilines is 6. The molecule has 79 heavy (non-hydrogen) atoms. The molecule has 0 bridgehead atoms. The molecule has 0 fully saturated rings. The number of fused-ring (bicyclic) bond motifs is 3. The fraction of sp³-hybridized carbons (Fsp3) is 0.178. The van der Waals surface area contributed by atoms with Crippen LogP contribution >= 0.6 is 0 Å². The Morgan fingerprint density at radius 1 is 0.266 bits per heavy atom. The first-order chi connectivity index (χ1) is 38.8. The maximum Gasteiger partial charge on any atom is 0.119 e. The highest BCUT2D eigenvalue weighted by Crippen LogP contribution is 2.56. The van der Waals surface area contributed by atoms with E-state index in [1.807, 2.05) is 52.0 Å². The lowest BCUT2D eigenvalue weighted by atomic mass is 9.73. The Kier molecular flexibility index (Phi) is 15.4. The normalized spacial score (nSPS) is 12.1. The van der Waals surface area contributed by atoms with Crippen LogP contribution in [0, 0.1) is 0 Å². The maximum absolute atomic E-state index is 5.89. The SMILES string of the molecule is CCOc1cccc(-c2ccc(N(c3ccc(-c4cccc(OCC)c4)cc3)c3ccc4c(c3)C(CC)(CC)c3cc(N(c5ccc(-c6cccc(OCC)c6)cc5)c5ccc(-c6cccc(OCC)c6)cc5)ccc3-4)cc2)c1. The molecule has 394 valence electrons. The largest absolute Gasteiger partial charge is 0.494 e. The van der Waals surface area contributed by atoms with Crippen molar-refractivity contribution in [3.05, 3.63) is 242 Å².